The van der Waals surface area contributed by atoms with Crippen LogP contribution in [0.15, 0.2) is 34.9 Å². The van der Waals surface area contributed by atoms with Crippen molar-refractivity contribution < 1.29 is 23.4 Å². The molecule has 0 aliphatic rings. The number of nitrogens with zero attached hydrogens (tertiary/aromatic N) is 1. The number of benzene rings is 1. The van der Waals surface area contributed by atoms with Crippen molar-refractivity contribution in [3.05, 3.63) is 41.9 Å². The van der Waals surface area contributed by atoms with Gasteiger partial charge in [0, 0.05) is 6.42 Å². The molecule has 1 amide bonds. The van der Waals surface area contributed by atoms with Gasteiger partial charge in [0.1, 0.15) is 5.76 Å². The van der Waals surface area contributed by atoms with Gasteiger partial charge in [-0.1, -0.05) is 5.92 Å². The quantitative estimate of drug-likeness (QED) is 0.646. The summed E-state index contributed by atoms with van der Waals surface area (Å²) < 4.78 is 21.3. The normalized spacial score (nSPS) is 10.1. The Hall–Kier alpha value is -3.07. The first-order valence-corrected chi connectivity index (χ1v) is 8.15. The van der Waals surface area contributed by atoms with Crippen LogP contribution >= 0.6 is 0 Å². The first-order valence-electron chi connectivity index (χ1n) is 8.15. The standard InChI is InChI=1S/C20H23NO5/c1-5-10-21(14-16-7-6-11-26-16)19(22)9-8-15-12-17(23-2)20(25-4)18(13-15)24-3/h1,6-7,11-13H,8-10,14H2,2-4H3. The third-order valence-corrected chi connectivity index (χ3v) is 3.91. The average molecular weight is 357 g/mol. The van der Waals surface area contributed by atoms with Crippen LogP contribution in [0.3, 0.4) is 0 Å². The summed E-state index contributed by atoms with van der Waals surface area (Å²) in [5.41, 5.74) is 0.909. The summed E-state index contributed by atoms with van der Waals surface area (Å²) in [4.78, 5) is 14.2. The highest BCUT2D eigenvalue weighted by Gasteiger charge is 2.17. The van der Waals surface area contributed by atoms with E-state index in [1.165, 1.54) is 0 Å². The molecular formula is C20H23NO5. The van der Waals surface area contributed by atoms with Crippen LogP contribution in [0.25, 0.3) is 0 Å². The Morgan fingerprint density at radius 1 is 1.19 bits per heavy atom. The smallest absolute Gasteiger partial charge is 0.224 e. The second kappa shape index (κ2) is 9.42. The van der Waals surface area contributed by atoms with E-state index in [2.05, 4.69) is 5.92 Å². The van der Waals surface area contributed by atoms with Crippen LogP contribution in [0.2, 0.25) is 0 Å². The van der Waals surface area contributed by atoms with Gasteiger partial charge >= 0.3 is 0 Å². The molecule has 0 aliphatic heterocycles. The Labute approximate surface area is 153 Å². The highest BCUT2D eigenvalue weighted by atomic mass is 16.5. The van der Waals surface area contributed by atoms with Crippen molar-refractivity contribution in [3.63, 3.8) is 0 Å². The predicted octanol–water partition coefficient (Wildman–Crippen LogP) is 2.90. The van der Waals surface area contributed by atoms with E-state index in [-0.39, 0.29) is 12.5 Å². The Kier molecular flexibility index (Phi) is 6.98. The van der Waals surface area contributed by atoms with Gasteiger partial charge in [-0.2, -0.15) is 0 Å². The third kappa shape index (κ3) is 4.73. The first kappa shape index (κ1) is 19.3. The van der Waals surface area contributed by atoms with Crippen molar-refractivity contribution in [2.24, 2.45) is 0 Å². The van der Waals surface area contributed by atoms with Crippen LogP contribution in [0.5, 0.6) is 17.2 Å². The number of methoxy groups -OCH3 is 3. The molecule has 0 saturated carbocycles. The molecule has 1 aromatic heterocycles. The topological polar surface area (TPSA) is 61.1 Å². The van der Waals surface area contributed by atoms with Crippen molar-refractivity contribution in [1.82, 2.24) is 4.90 Å². The van der Waals surface area contributed by atoms with Crippen LogP contribution < -0.4 is 14.2 Å². The number of rotatable bonds is 9. The second-order valence-corrected chi connectivity index (χ2v) is 5.57. The molecule has 1 heterocycles. The number of ether oxygens (including phenoxy) is 3. The maximum Gasteiger partial charge on any atom is 0.224 e. The monoisotopic (exact) mass is 357 g/mol. The maximum atomic E-state index is 12.6. The van der Waals surface area contributed by atoms with Gasteiger partial charge in [-0.05, 0) is 36.2 Å². The molecule has 138 valence electrons. The summed E-state index contributed by atoms with van der Waals surface area (Å²) in [6.07, 6.45) is 7.79. The number of hydrogen-bond acceptors (Lipinski definition) is 5. The molecule has 0 bridgehead atoms. The molecule has 26 heavy (non-hydrogen) atoms. The van der Waals surface area contributed by atoms with Crippen LogP contribution in [0.1, 0.15) is 17.7 Å². The first-order chi connectivity index (χ1) is 12.6. The predicted molar refractivity (Wildman–Crippen MR) is 97.4 cm³/mol. The average Bonchev–Trinajstić information content (AvgIpc) is 3.17. The summed E-state index contributed by atoms with van der Waals surface area (Å²) in [5.74, 6) is 4.81. The van der Waals surface area contributed by atoms with E-state index in [1.54, 1.807) is 38.6 Å². The molecular weight excluding hydrogens is 334 g/mol. The Bertz CT molecular complexity index is 736. The summed E-state index contributed by atoms with van der Waals surface area (Å²) in [6, 6.07) is 7.28. The lowest BCUT2D eigenvalue weighted by atomic mass is 10.1. The zero-order chi connectivity index (χ0) is 18.9. The van der Waals surface area contributed by atoms with Gasteiger partial charge in [0.2, 0.25) is 11.7 Å². The van der Waals surface area contributed by atoms with E-state index in [9.17, 15) is 4.79 Å². The molecule has 0 atom stereocenters. The number of aryl methyl sites for hydroxylation is 1. The number of carbonyl (C=O) groups excluding carboxylic acids is 1. The fourth-order valence-electron chi connectivity index (χ4n) is 2.62. The van der Waals surface area contributed by atoms with Gasteiger partial charge in [-0.15, -0.1) is 6.42 Å². The lowest BCUT2D eigenvalue weighted by Gasteiger charge is -2.19. The zero-order valence-electron chi connectivity index (χ0n) is 15.3. The molecule has 1 aromatic carbocycles. The van der Waals surface area contributed by atoms with Gasteiger partial charge in [-0.3, -0.25) is 4.79 Å². The molecule has 0 spiro atoms. The number of furan rings is 1. The summed E-state index contributed by atoms with van der Waals surface area (Å²) in [7, 11) is 4.67. The highest BCUT2D eigenvalue weighted by Crippen LogP contribution is 2.38. The molecule has 6 nitrogen and oxygen atoms in total. The fourth-order valence-corrected chi connectivity index (χ4v) is 2.62. The number of carbonyl (C=O) groups is 1. The van der Waals surface area contributed by atoms with Crippen molar-refractivity contribution in [1.29, 1.82) is 0 Å². The van der Waals surface area contributed by atoms with Crippen molar-refractivity contribution in [3.8, 4) is 29.6 Å². The second-order valence-electron chi connectivity index (χ2n) is 5.57. The van der Waals surface area contributed by atoms with Gasteiger partial charge in [0.15, 0.2) is 11.5 Å². The lowest BCUT2D eigenvalue weighted by Crippen LogP contribution is -2.31. The molecule has 6 heteroatoms. The molecule has 0 unspecified atom stereocenters. The van der Waals surface area contributed by atoms with Crippen molar-refractivity contribution in [2.75, 3.05) is 27.9 Å². The molecule has 0 radical (unpaired) electrons. The number of hydrogen-bond donors (Lipinski definition) is 0. The van der Waals surface area contributed by atoms with E-state index in [0.717, 1.165) is 5.56 Å². The molecule has 2 rings (SSSR count). The van der Waals surface area contributed by atoms with E-state index in [0.29, 0.717) is 42.4 Å². The van der Waals surface area contributed by atoms with Gasteiger partial charge in [0.25, 0.3) is 0 Å². The highest BCUT2D eigenvalue weighted by molar-refractivity contribution is 5.76. The van der Waals surface area contributed by atoms with E-state index < -0.39 is 0 Å². The summed E-state index contributed by atoms with van der Waals surface area (Å²) in [6.45, 7) is 0.583. The Balaban J connectivity index is 2.08. The van der Waals surface area contributed by atoms with Crippen LogP contribution in [0, 0.1) is 12.3 Å². The minimum atomic E-state index is -0.0481. The zero-order valence-corrected chi connectivity index (χ0v) is 15.3. The van der Waals surface area contributed by atoms with Crippen molar-refractivity contribution >= 4 is 5.91 Å². The summed E-state index contributed by atoms with van der Waals surface area (Å²) in [5, 5.41) is 0. The minimum Gasteiger partial charge on any atom is -0.493 e. The number of terminal acetylenes is 1. The molecule has 0 aliphatic carbocycles. The molecule has 0 N–H and O–H groups in total. The third-order valence-electron chi connectivity index (χ3n) is 3.91. The summed E-state index contributed by atoms with van der Waals surface area (Å²) >= 11 is 0. The SMILES string of the molecule is C#CCN(Cc1ccco1)C(=O)CCc1cc(OC)c(OC)c(OC)c1. The van der Waals surface area contributed by atoms with Crippen LogP contribution in [0.4, 0.5) is 0 Å². The molecule has 2 aromatic rings. The maximum absolute atomic E-state index is 12.6. The largest absolute Gasteiger partial charge is 0.493 e. The van der Waals surface area contributed by atoms with E-state index >= 15 is 0 Å². The van der Waals surface area contributed by atoms with E-state index in [4.69, 9.17) is 25.1 Å². The fraction of sp³-hybridized carbons (Fsp3) is 0.350. The lowest BCUT2D eigenvalue weighted by molar-refractivity contribution is -0.131. The van der Waals surface area contributed by atoms with Crippen LogP contribution in [-0.4, -0.2) is 38.7 Å². The molecule has 0 fully saturated rings. The Morgan fingerprint density at radius 3 is 2.38 bits per heavy atom. The van der Waals surface area contributed by atoms with Gasteiger partial charge in [-0.25, -0.2) is 0 Å². The molecule has 0 saturated heterocycles. The Morgan fingerprint density at radius 2 is 1.88 bits per heavy atom. The van der Waals surface area contributed by atoms with Gasteiger partial charge in [0.05, 0.1) is 40.7 Å². The number of amides is 1. The van der Waals surface area contributed by atoms with E-state index in [1.807, 2.05) is 18.2 Å². The van der Waals surface area contributed by atoms with Crippen LogP contribution in [-0.2, 0) is 17.8 Å². The van der Waals surface area contributed by atoms with Gasteiger partial charge < -0.3 is 23.5 Å². The van der Waals surface area contributed by atoms with Crippen molar-refractivity contribution in [2.45, 2.75) is 19.4 Å². The minimum absolute atomic E-state index is 0.0481.